The number of thiophene rings is 1. The zero-order valence-electron chi connectivity index (χ0n) is 13.0. The molecule has 0 aliphatic rings. The normalized spacial score (nSPS) is 12.3. The molecule has 0 aliphatic heterocycles. The zero-order valence-corrected chi connectivity index (χ0v) is 13.8. The maximum atomic E-state index is 12.5. The van der Waals surface area contributed by atoms with E-state index in [-0.39, 0.29) is 11.9 Å². The van der Waals surface area contributed by atoms with Gasteiger partial charge in [-0.25, -0.2) is 0 Å². The predicted octanol–water partition coefficient (Wildman–Crippen LogP) is 5.01. The highest BCUT2D eigenvalue weighted by atomic mass is 32.1. The van der Waals surface area contributed by atoms with Crippen LogP contribution in [-0.2, 0) is 0 Å². The van der Waals surface area contributed by atoms with Gasteiger partial charge in [0.2, 0.25) is 0 Å². The van der Waals surface area contributed by atoms with Crippen molar-refractivity contribution in [1.82, 2.24) is 5.32 Å². The largest absolute Gasteiger partial charge is 0.345 e. The molecule has 112 valence electrons. The van der Waals surface area contributed by atoms with Crippen LogP contribution in [0.15, 0.2) is 48.5 Å². The summed E-state index contributed by atoms with van der Waals surface area (Å²) in [6.45, 7) is 6.06. The van der Waals surface area contributed by atoms with Crippen molar-refractivity contribution in [3.05, 3.63) is 69.4 Å². The van der Waals surface area contributed by atoms with Crippen LogP contribution in [0.3, 0.4) is 0 Å². The zero-order chi connectivity index (χ0) is 15.7. The third-order valence-corrected chi connectivity index (χ3v) is 4.89. The summed E-state index contributed by atoms with van der Waals surface area (Å²) >= 11 is 1.66. The average molecular weight is 309 g/mol. The first kappa shape index (κ1) is 14.8. The fraction of sp³-hybridized carbons (Fsp3) is 0.211. The Morgan fingerprint density at radius 1 is 1.09 bits per heavy atom. The van der Waals surface area contributed by atoms with Crippen LogP contribution in [0.2, 0.25) is 0 Å². The Labute approximate surface area is 134 Å². The van der Waals surface area contributed by atoms with E-state index < -0.39 is 0 Å². The first-order valence-electron chi connectivity index (χ1n) is 7.42. The number of fused-ring (bicyclic) bond motifs is 1. The van der Waals surface area contributed by atoms with Gasteiger partial charge in [0.25, 0.3) is 5.91 Å². The highest BCUT2D eigenvalue weighted by Crippen LogP contribution is 2.25. The number of benzene rings is 2. The minimum atomic E-state index is -0.0294. The van der Waals surface area contributed by atoms with Gasteiger partial charge in [0, 0.05) is 9.75 Å². The molecule has 3 aromatic rings. The van der Waals surface area contributed by atoms with Crippen LogP contribution in [0.4, 0.5) is 0 Å². The lowest BCUT2D eigenvalue weighted by atomic mass is 9.99. The van der Waals surface area contributed by atoms with Gasteiger partial charge in [-0.05, 0) is 43.2 Å². The van der Waals surface area contributed by atoms with Crippen LogP contribution >= 0.6 is 11.3 Å². The first-order chi connectivity index (χ1) is 10.6. The maximum Gasteiger partial charge on any atom is 0.252 e. The standard InChI is InChI=1S/C19H19NOS/c1-12-11-18(14(3)22-12)19(21)20-13(2)16-10-6-8-15-7-4-5-9-17(15)16/h4-11,13H,1-3H3,(H,20,21)/t13-/m0/s1. The lowest BCUT2D eigenvalue weighted by Gasteiger charge is -2.16. The number of carbonyl (C=O) groups is 1. The SMILES string of the molecule is Cc1cc(C(=O)N[C@@H](C)c2cccc3ccccc23)c(C)s1. The molecule has 0 saturated carbocycles. The quantitative estimate of drug-likeness (QED) is 0.724. The van der Waals surface area contributed by atoms with Gasteiger partial charge in [0.15, 0.2) is 0 Å². The fourth-order valence-electron chi connectivity index (χ4n) is 2.84. The van der Waals surface area contributed by atoms with Crippen molar-refractivity contribution in [2.75, 3.05) is 0 Å². The number of rotatable bonds is 3. The van der Waals surface area contributed by atoms with Crippen molar-refractivity contribution < 1.29 is 4.79 Å². The molecule has 2 nitrogen and oxygen atoms in total. The smallest absolute Gasteiger partial charge is 0.252 e. The summed E-state index contributed by atoms with van der Waals surface area (Å²) in [5.74, 6) is 0.00211. The van der Waals surface area contributed by atoms with Crippen LogP contribution < -0.4 is 5.32 Å². The molecule has 0 bridgehead atoms. The summed E-state index contributed by atoms with van der Waals surface area (Å²) < 4.78 is 0. The molecule has 0 aliphatic carbocycles. The Kier molecular flexibility index (Phi) is 3.99. The van der Waals surface area contributed by atoms with Crippen LogP contribution in [0.1, 0.15) is 38.6 Å². The second-order valence-corrected chi connectivity index (χ2v) is 7.05. The van der Waals surface area contributed by atoms with Crippen LogP contribution in [0.25, 0.3) is 10.8 Å². The Morgan fingerprint density at radius 3 is 2.55 bits per heavy atom. The molecule has 0 spiro atoms. The van der Waals surface area contributed by atoms with Gasteiger partial charge < -0.3 is 5.32 Å². The molecule has 22 heavy (non-hydrogen) atoms. The molecule has 1 atom stereocenters. The average Bonchev–Trinajstić information content (AvgIpc) is 2.85. The molecule has 0 unspecified atom stereocenters. The Bertz CT molecular complexity index is 829. The molecule has 2 aromatic carbocycles. The molecular weight excluding hydrogens is 290 g/mol. The van der Waals surface area contributed by atoms with Gasteiger partial charge in [-0.1, -0.05) is 42.5 Å². The molecule has 0 radical (unpaired) electrons. The van der Waals surface area contributed by atoms with Crippen molar-refractivity contribution >= 4 is 28.0 Å². The Balaban J connectivity index is 1.89. The number of amides is 1. The third kappa shape index (κ3) is 2.77. The molecule has 3 rings (SSSR count). The van der Waals surface area contributed by atoms with E-state index in [9.17, 15) is 4.79 Å². The van der Waals surface area contributed by atoms with Crippen molar-refractivity contribution in [3.8, 4) is 0 Å². The summed E-state index contributed by atoms with van der Waals surface area (Å²) in [7, 11) is 0. The van der Waals surface area contributed by atoms with Gasteiger partial charge in [-0.3, -0.25) is 4.79 Å². The van der Waals surface area contributed by atoms with E-state index in [4.69, 9.17) is 0 Å². The fourth-order valence-corrected chi connectivity index (χ4v) is 3.76. The Hall–Kier alpha value is -2.13. The summed E-state index contributed by atoms with van der Waals surface area (Å²) in [5, 5.41) is 5.52. The van der Waals surface area contributed by atoms with E-state index in [1.165, 1.54) is 15.6 Å². The minimum absolute atomic E-state index is 0.00211. The number of carbonyl (C=O) groups excluding carboxylic acids is 1. The summed E-state index contributed by atoms with van der Waals surface area (Å²) in [4.78, 5) is 14.7. The highest BCUT2D eigenvalue weighted by molar-refractivity contribution is 7.12. The molecule has 1 N–H and O–H groups in total. The molecule has 1 heterocycles. The third-order valence-electron chi connectivity index (χ3n) is 3.92. The summed E-state index contributed by atoms with van der Waals surface area (Å²) in [6, 6.07) is 16.4. The molecule has 1 aromatic heterocycles. The molecule has 0 saturated heterocycles. The number of hydrogen-bond donors (Lipinski definition) is 1. The van der Waals surface area contributed by atoms with Gasteiger partial charge in [-0.2, -0.15) is 0 Å². The van der Waals surface area contributed by atoms with Crippen molar-refractivity contribution in [1.29, 1.82) is 0 Å². The minimum Gasteiger partial charge on any atom is -0.345 e. The van der Waals surface area contributed by atoms with E-state index in [0.717, 1.165) is 16.0 Å². The molecule has 0 fully saturated rings. The van der Waals surface area contributed by atoms with E-state index >= 15 is 0 Å². The second kappa shape index (κ2) is 5.93. The van der Waals surface area contributed by atoms with Crippen molar-refractivity contribution in [3.63, 3.8) is 0 Å². The monoisotopic (exact) mass is 309 g/mol. The van der Waals surface area contributed by atoms with Gasteiger partial charge in [0.05, 0.1) is 11.6 Å². The van der Waals surface area contributed by atoms with Crippen molar-refractivity contribution in [2.24, 2.45) is 0 Å². The topological polar surface area (TPSA) is 29.1 Å². The Morgan fingerprint density at radius 2 is 1.82 bits per heavy atom. The summed E-state index contributed by atoms with van der Waals surface area (Å²) in [6.07, 6.45) is 0. The van der Waals surface area contributed by atoms with Crippen LogP contribution in [0, 0.1) is 13.8 Å². The molecular formula is C19H19NOS. The van der Waals surface area contributed by atoms with Gasteiger partial charge in [0.1, 0.15) is 0 Å². The molecule has 3 heteroatoms. The lowest BCUT2D eigenvalue weighted by Crippen LogP contribution is -2.26. The molecule has 1 amide bonds. The maximum absolute atomic E-state index is 12.5. The van der Waals surface area contributed by atoms with E-state index in [1.807, 2.05) is 45.0 Å². The summed E-state index contributed by atoms with van der Waals surface area (Å²) in [5.41, 5.74) is 1.94. The first-order valence-corrected chi connectivity index (χ1v) is 8.23. The number of hydrogen-bond acceptors (Lipinski definition) is 2. The van der Waals surface area contributed by atoms with Crippen LogP contribution in [0.5, 0.6) is 0 Å². The van der Waals surface area contributed by atoms with Gasteiger partial charge >= 0.3 is 0 Å². The van der Waals surface area contributed by atoms with E-state index in [2.05, 4.69) is 29.6 Å². The predicted molar refractivity (Wildman–Crippen MR) is 93.6 cm³/mol. The number of nitrogens with one attached hydrogen (secondary N) is 1. The number of aryl methyl sites for hydroxylation is 2. The van der Waals surface area contributed by atoms with E-state index in [0.29, 0.717) is 0 Å². The van der Waals surface area contributed by atoms with E-state index in [1.54, 1.807) is 11.3 Å². The lowest BCUT2D eigenvalue weighted by molar-refractivity contribution is 0.0940. The van der Waals surface area contributed by atoms with Crippen LogP contribution in [-0.4, -0.2) is 5.91 Å². The second-order valence-electron chi connectivity index (χ2n) is 5.59. The van der Waals surface area contributed by atoms with Crippen molar-refractivity contribution in [2.45, 2.75) is 26.8 Å². The highest BCUT2D eigenvalue weighted by Gasteiger charge is 2.16. The van der Waals surface area contributed by atoms with Gasteiger partial charge in [-0.15, -0.1) is 11.3 Å².